The fourth-order valence-electron chi connectivity index (χ4n) is 2.40. The maximum atomic E-state index is 11.9. The van der Waals surface area contributed by atoms with E-state index in [0.29, 0.717) is 17.2 Å². The first-order valence-electron chi connectivity index (χ1n) is 6.67. The highest BCUT2D eigenvalue weighted by Gasteiger charge is 2.31. The van der Waals surface area contributed by atoms with Crippen molar-refractivity contribution in [2.75, 3.05) is 5.32 Å². The molecule has 1 N–H and O–H groups in total. The summed E-state index contributed by atoms with van der Waals surface area (Å²) in [5.74, 6) is -1.38. The summed E-state index contributed by atoms with van der Waals surface area (Å²) in [7, 11) is 0. The number of hydrogen-bond acceptors (Lipinski definition) is 7. The quantitative estimate of drug-likeness (QED) is 0.526. The number of nitrogens with one attached hydrogen (secondary N) is 1. The Kier molecular flexibility index (Phi) is 4.01. The molecule has 22 heavy (non-hydrogen) atoms. The van der Waals surface area contributed by atoms with E-state index in [1.807, 2.05) is 0 Å². The minimum Gasteiger partial charge on any atom is -0.459 e. The predicted octanol–water partition coefficient (Wildman–Crippen LogP) is 2.11. The summed E-state index contributed by atoms with van der Waals surface area (Å²) >= 11 is 1.32. The first-order valence-corrected chi connectivity index (χ1v) is 7.49. The third kappa shape index (κ3) is 2.77. The molecule has 0 saturated heterocycles. The van der Waals surface area contributed by atoms with Crippen LogP contribution < -0.4 is 5.32 Å². The Balaban J connectivity index is 1.80. The summed E-state index contributed by atoms with van der Waals surface area (Å²) in [6, 6.07) is 3.17. The van der Waals surface area contributed by atoms with Gasteiger partial charge in [0.1, 0.15) is 5.92 Å². The van der Waals surface area contributed by atoms with Gasteiger partial charge in [0.05, 0.1) is 12.0 Å². The number of thiazole rings is 1. The minimum atomic E-state index is -0.606. The number of amides is 1. The number of furan rings is 1. The molecule has 7 nitrogen and oxygen atoms in total. The van der Waals surface area contributed by atoms with E-state index < -0.39 is 17.8 Å². The van der Waals surface area contributed by atoms with Crippen molar-refractivity contribution in [2.24, 2.45) is 0 Å². The lowest BCUT2D eigenvalue weighted by Crippen LogP contribution is -2.20. The zero-order valence-electron chi connectivity index (χ0n) is 11.4. The van der Waals surface area contributed by atoms with Gasteiger partial charge in [-0.15, -0.1) is 11.3 Å². The highest BCUT2D eigenvalue weighted by Crippen LogP contribution is 2.37. The van der Waals surface area contributed by atoms with Gasteiger partial charge in [0, 0.05) is 4.88 Å². The highest BCUT2D eigenvalue weighted by molar-refractivity contribution is 7.15. The van der Waals surface area contributed by atoms with Gasteiger partial charge in [0.2, 0.25) is 0 Å². The predicted molar refractivity (Wildman–Crippen MR) is 76.6 cm³/mol. The lowest BCUT2D eigenvalue weighted by atomic mass is 9.91. The van der Waals surface area contributed by atoms with E-state index >= 15 is 0 Å². The number of hydrogen-bond donors (Lipinski definition) is 1. The van der Waals surface area contributed by atoms with E-state index in [9.17, 15) is 14.4 Å². The molecule has 1 unspecified atom stereocenters. The molecule has 2 heterocycles. The summed E-state index contributed by atoms with van der Waals surface area (Å²) in [5, 5.41) is 3.05. The van der Waals surface area contributed by atoms with Crippen molar-refractivity contribution in [1.82, 2.24) is 4.98 Å². The number of nitrogens with zero attached hydrogens (tertiary/aromatic N) is 1. The van der Waals surface area contributed by atoms with Gasteiger partial charge in [0.25, 0.3) is 5.91 Å². The third-order valence-electron chi connectivity index (χ3n) is 3.37. The molecule has 2 aromatic rings. The number of aryl methyl sites for hydroxylation is 1. The van der Waals surface area contributed by atoms with E-state index in [-0.39, 0.29) is 12.2 Å². The average molecular weight is 320 g/mol. The van der Waals surface area contributed by atoms with Crippen molar-refractivity contribution in [3.05, 3.63) is 34.7 Å². The van der Waals surface area contributed by atoms with Crippen LogP contribution >= 0.6 is 11.3 Å². The van der Waals surface area contributed by atoms with Gasteiger partial charge in [0.15, 0.2) is 10.9 Å². The van der Waals surface area contributed by atoms with Gasteiger partial charge in [-0.3, -0.25) is 19.7 Å². The molecule has 1 atom stereocenters. The number of esters is 1. The number of anilines is 1. The van der Waals surface area contributed by atoms with E-state index in [1.54, 1.807) is 12.1 Å². The van der Waals surface area contributed by atoms with Crippen LogP contribution in [0.3, 0.4) is 0 Å². The number of fused-ring (bicyclic) bond motifs is 1. The summed E-state index contributed by atoms with van der Waals surface area (Å²) in [6.45, 7) is 0.128. The maximum Gasteiger partial charge on any atom is 0.322 e. The number of ether oxygens (including phenoxy) is 1. The van der Waals surface area contributed by atoms with Crippen LogP contribution in [0.15, 0.2) is 22.8 Å². The Labute approximate surface area is 129 Å². The molecule has 0 bridgehead atoms. The second kappa shape index (κ2) is 6.10. The molecule has 3 rings (SSSR count). The van der Waals surface area contributed by atoms with Crippen LogP contribution in [-0.2, 0) is 20.7 Å². The monoisotopic (exact) mass is 320 g/mol. The molecule has 114 valence electrons. The van der Waals surface area contributed by atoms with Gasteiger partial charge in [-0.05, 0) is 31.4 Å². The fourth-order valence-corrected chi connectivity index (χ4v) is 3.46. The second-order valence-electron chi connectivity index (χ2n) is 4.74. The van der Waals surface area contributed by atoms with Crippen LogP contribution in [0.25, 0.3) is 0 Å². The largest absolute Gasteiger partial charge is 0.459 e. The van der Waals surface area contributed by atoms with Crippen molar-refractivity contribution in [3.63, 3.8) is 0 Å². The smallest absolute Gasteiger partial charge is 0.322 e. The highest BCUT2D eigenvalue weighted by atomic mass is 32.1. The van der Waals surface area contributed by atoms with Gasteiger partial charge >= 0.3 is 12.4 Å². The van der Waals surface area contributed by atoms with Gasteiger partial charge in [-0.2, -0.15) is 0 Å². The second-order valence-corrected chi connectivity index (χ2v) is 5.82. The summed E-state index contributed by atoms with van der Waals surface area (Å²) in [6.07, 6.45) is 3.58. The Morgan fingerprint density at radius 3 is 3.09 bits per heavy atom. The van der Waals surface area contributed by atoms with Crippen molar-refractivity contribution in [1.29, 1.82) is 0 Å². The summed E-state index contributed by atoms with van der Waals surface area (Å²) in [4.78, 5) is 39.3. The molecule has 0 saturated carbocycles. The number of aromatic nitrogens is 1. The molecule has 8 heteroatoms. The molecule has 1 amide bonds. The summed E-state index contributed by atoms with van der Waals surface area (Å²) in [5.41, 5.74) is 0.581. The molecule has 0 fully saturated rings. The van der Waals surface area contributed by atoms with E-state index in [1.165, 1.54) is 17.6 Å². The third-order valence-corrected chi connectivity index (χ3v) is 4.41. The Hall–Kier alpha value is -2.48. The molecular weight excluding hydrogens is 308 g/mol. The zero-order chi connectivity index (χ0) is 15.5. The van der Waals surface area contributed by atoms with Crippen LogP contribution in [0.1, 0.15) is 39.9 Å². The minimum absolute atomic E-state index is 0.128. The van der Waals surface area contributed by atoms with Gasteiger partial charge in [-0.25, -0.2) is 4.98 Å². The Morgan fingerprint density at radius 1 is 1.50 bits per heavy atom. The molecule has 0 aliphatic heterocycles. The molecule has 2 aromatic heterocycles. The number of rotatable bonds is 4. The normalized spacial score (nSPS) is 16.6. The van der Waals surface area contributed by atoms with Gasteiger partial charge < -0.3 is 9.15 Å². The fraction of sp³-hybridized carbons (Fsp3) is 0.286. The van der Waals surface area contributed by atoms with Crippen LogP contribution in [-0.4, -0.2) is 23.3 Å². The lowest BCUT2D eigenvalue weighted by molar-refractivity contribution is -0.153. The Bertz CT molecular complexity index is 707. The molecule has 0 spiro atoms. The van der Waals surface area contributed by atoms with Crippen LogP contribution in [0.4, 0.5) is 5.13 Å². The molecular formula is C14H12N2O5S. The van der Waals surface area contributed by atoms with Crippen molar-refractivity contribution < 1.29 is 23.5 Å². The van der Waals surface area contributed by atoms with Crippen molar-refractivity contribution >= 4 is 34.8 Å². The van der Waals surface area contributed by atoms with Crippen molar-refractivity contribution in [3.8, 4) is 0 Å². The molecule has 1 aliphatic rings. The van der Waals surface area contributed by atoms with Crippen LogP contribution in [0, 0.1) is 0 Å². The molecule has 1 aliphatic carbocycles. The Morgan fingerprint density at radius 2 is 2.36 bits per heavy atom. The van der Waals surface area contributed by atoms with Crippen LogP contribution in [0.5, 0.6) is 0 Å². The number of carbonyl (C=O) groups excluding carboxylic acids is 3. The zero-order valence-corrected chi connectivity index (χ0v) is 12.2. The maximum absolute atomic E-state index is 11.9. The summed E-state index contributed by atoms with van der Waals surface area (Å²) < 4.78 is 9.44. The van der Waals surface area contributed by atoms with E-state index in [4.69, 9.17) is 4.42 Å². The topological polar surface area (TPSA) is 98.5 Å². The SMILES string of the molecule is O=COC(=O)C1CCCc2sc(NC(=O)c3ccco3)nc21. The first kappa shape index (κ1) is 14.5. The number of carbonyl (C=O) groups is 3. The average Bonchev–Trinajstić information content (AvgIpc) is 3.15. The van der Waals surface area contributed by atoms with E-state index in [2.05, 4.69) is 15.0 Å². The van der Waals surface area contributed by atoms with Crippen molar-refractivity contribution in [2.45, 2.75) is 25.2 Å². The molecule has 0 aromatic carbocycles. The first-order chi connectivity index (χ1) is 10.7. The molecule has 0 radical (unpaired) electrons. The van der Waals surface area contributed by atoms with Crippen LogP contribution in [0.2, 0.25) is 0 Å². The van der Waals surface area contributed by atoms with Gasteiger partial charge in [-0.1, -0.05) is 0 Å². The van der Waals surface area contributed by atoms with E-state index in [0.717, 1.165) is 17.7 Å². The lowest BCUT2D eigenvalue weighted by Gasteiger charge is -2.17. The standard InChI is InChI=1S/C14H12N2O5S/c17-7-21-13(19)8-3-1-5-10-11(8)15-14(22-10)16-12(18)9-4-2-6-20-9/h2,4,6-8H,1,3,5H2,(H,15,16,18).